The molecule has 0 amide bonds. The van der Waals surface area contributed by atoms with E-state index >= 15 is 0 Å². The second-order valence-electron chi connectivity index (χ2n) is 2.89. The SMILES string of the molecule is C=CCc1cccc(CC=C)c1[O]. The van der Waals surface area contributed by atoms with E-state index < -0.39 is 0 Å². The van der Waals surface area contributed by atoms with Crippen molar-refractivity contribution in [1.82, 2.24) is 0 Å². The molecule has 1 nitrogen and oxygen atoms in total. The molecule has 0 aromatic heterocycles. The highest BCUT2D eigenvalue weighted by atomic mass is 16.3. The zero-order valence-corrected chi connectivity index (χ0v) is 7.62. The van der Waals surface area contributed by atoms with Gasteiger partial charge in [-0.15, -0.1) is 13.2 Å². The Morgan fingerprint density at radius 2 is 1.54 bits per heavy atom. The highest BCUT2D eigenvalue weighted by molar-refractivity contribution is 5.41. The van der Waals surface area contributed by atoms with Crippen LogP contribution in [0.1, 0.15) is 11.1 Å². The summed E-state index contributed by atoms with van der Waals surface area (Å²) in [5.74, 6) is 0.127. The van der Waals surface area contributed by atoms with Gasteiger partial charge in [0.2, 0.25) is 0 Å². The first-order valence-corrected chi connectivity index (χ1v) is 4.29. The van der Waals surface area contributed by atoms with E-state index in [1.807, 2.05) is 18.2 Å². The van der Waals surface area contributed by atoms with E-state index in [4.69, 9.17) is 0 Å². The van der Waals surface area contributed by atoms with Crippen LogP contribution < -0.4 is 0 Å². The van der Waals surface area contributed by atoms with E-state index in [-0.39, 0.29) is 5.75 Å². The predicted molar refractivity (Wildman–Crippen MR) is 54.4 cm³/mol. The average Bonchev–Trinajstić information content (AvgIpc) is 2.13. The van der Waals surface area contributed by atoms with Crippen molar-refractivity contribution in [1.29, 1.82) is 0 Å². The fraction of sp³-hybridized carbons (Fsp3) is 0.167. The number of benzene rings is 1. The molecular formula is C12H13O. The topological polar surface area (TPSA) is 19.9 Å². The summed E-state index contributed by atoms with van der Waals surface area (Å²) >= 11 is 0. The monoisotopic (exact) mass is 173 g/mol. The summed E-state index contributed by atoms with van der Waals surface area (Å²) in [6.07, 6.45) is 4.77. The lowest BCUT2D eigenvalue weighted by atomic mass is 10.0. The highest BCUT2D eigenvalue weighted by Crippen LogP contribution is 2.24. The summed E-state index contributed by atoms with van der Waals surface area (Å²) < 4.78 is 0. The second kappa shape index (κ2) is 4.51. The predicted octanol–water partition coefficient (Wildman–Crippen LogP) is 3.29. The van der Waals surface area contributed by atoms with Gasteiger partial charge in [0.15, 0.2) is 5.75 Å². The van der Waals surface area contributed by atoms with E-state index in [9.17, 15) is 5.11 Å². The maximum Gasteiger partial charge on any atom is 0.185 e. The van der Waals surface area contributed by atoms with Crippen molar-refractivity contribution in [2.45, 2.75) is 12.8 Å². The fourth-order valence-corrected chi connectivity index (χ4v) is 1.27. The fourth-order valence-electron chi connectivity index (χ4n) is 1.27. The first kappa shape index (κ1) is 9.59. The molecule has 1 heteroatoms. The Labute approximate surface area is 79.0 Å². The van der Waals surface area contributed by atoms with Gasteiger partial charge in [0.25, 0.3) is 0 Å². The average molecular weight is 173 g/mol. The minimum absolute atomic E-state index is 0.127. The van der Waals surface area contributed by atoms with Crippen molar-refractivity contribution < 1.29 is 5.11 Å². The summed E-state index contributed by atoms with van der Waals surface area (Å²) in [4.78, 5) is 0. The smallest absolute Gasteiger partial charge is 0.185 e. The Kier molecular flexibility index (Phi) is 3.32. The van der Waals surface area contributed by atoms with Crippen LogP contribution in [0, 0.1) is 0 Å². The van der Waals surface area contributed by atoms with Crippen molar-refractivity contribution in [3.8, 4) is 5.75 Å². The standard InChI is InChI=1S/C12H13O/c1-3-6-10-8-5-9-11(7-4-2)12(10)13/h3-5,8-9H,1-2,6-7H2. The van der Waals surface area contributed by atoms with Gasteiger partial charge < -0.3 is 0 Å². The third kappa shape index (κ3) is 2.22. The molecule has 1 radical (unpaired) electrons. The summed E-state index contributed by atoms with van der Waals surface area (Å²) in [5, 5.41) is 11.7. The van der Waals surface area contributed by atoms with Gasteiger partial charge in [-0.25, -0.2) is 0 Å². The summed E-state index contributed by atoms with van der Waals surface area (Å²) in [6, 6.07) is 5.59. The molecule has 13 heavy (non-hydrogen) atoms. The Morgan fingerprint density at radius 1 is 1.08 bits per heavy atom. The number of hydrogen-bond donors (Lipinski definition) is 0. The molecule has 1 aromatic carbocycles. The van der Waals surface area contributed by atoms with Gasteiger partial charge in [0.1, 0.15) is 0 Å². The molecule has 0 aliphatic heterocycles. The molecule has 0 aliphatic carbocycles. The Morgan fingerprint density at radius 3 is 1.92 bits per heavy atom. The van der Waals surface area contributed by atoms with Crippen LogP contribution in [0.2, 0.25) is 0 Å². The van der Waals surface area contributed by atoms with Crippen molar-refractivity contribution >= 4 is 0 Å². The molecule has 1 aromatic rings. The van der Waals surface area contributed by atoms with Gasteiger partial charge in [0, 0.05) is 11.1 Å². The number of para-hydroxylation sites is 1. The first-order valence-electron chi connectivity index (χ1n) is 4.29. The van der Waals surface area contributed by atoms with Crippen LogP contribution in [-0.4, -0.2) is 0 Å². The van der Waals surface area contributed by atoms with E-state index in [1.54, 1.807) is 12.2 Å². The maximum absolute atomic E-state index is 11.7. The number of hydrogen-bond acceptors (Lipinski definition) is 0. The van der Waals surface area contributed by atoms with Crippen molar-refractivity contribution in [2.75, 3.05) is 0 Å². The Hall–Kier alpha value is -1.50. The summed E-state index contributed by atoms with van der Waals surface area (Å²) in [6.45, 7) is 7.23. The van der Waals surface area contributed by atoms with E-state index in [1.165, 1.54) is 0 Å². The lowest BCUT2D eigenvalue weighted by Crippen LogP contribution is -1.87. The van der Waals surface area contributed by atoms with Gasteiger partial charge in [-0.05, 0) is 12.8 Å². The lowest BCUT2D eigenvalue weighted by molar-refractivity contribution is 0.347. The second-order valence-corrected chi connectivity index (χ2v) is 2.89. The third-order valence-corrected chi connectivity index (χ3v) is 1.91. The molecule has 0 N–H and O–H groups in total. The summed E-state index contributed by atoms with van der Waals surface area (Å²) in [7, 11) is 0. The number of rotatable bonds is 4. The van der Waals surface area contributed by atoms with E-state index in [2.05, 4.69) is 13.2 Å². The minimum atomic E-state index is 0.127. The van der Waals surface area contributed by atoms with Gasteiger partial charge in [-0.1, -0.05) is 30.4 Å². The zero-order chi connectivity index (χ0) is 9.68. The highest BCUT2D eigenvalue weighted by Gasteiger charge is 2.05. The molecule has 0 aliphatic rings. The molecule has 0 atom stereocenters. The molecule has 0 saturated heterocycles. The Balaban J connectivity index is 3.02. The minimum Gasteiger partial charge on any atom is -0.289 e. The maximum atomic E-state index is 11.7. The van der Waals surface area contributed by atoms with Crippen molar-refractivity contribution in [3.63, 3.8) is 0 Å². The van der Waals surface area contributed by atoms with Crippen LogP contribution in [0.4, 0.5) is 0 Å². The number of allylic oxidation sites excluding steroid dienone is 2. The summed E-state index contributed by atoms with van der Waals surface area (Å²) in [5.41, 5.74) is 1.63. The molecule has 1 rings (SSSR count). The quantitative estimate of drug-likeness (QED) is 0.623. The molecule has 0 fully saturated rings. The first-order chi connectivity index (χ1) is 6.29. The van der Waals surface area contributed by atoms with Crippen molar-refractivity contribution in [3.05, 3.63) is 54.6 Å². The third-order valence-electron chi connectivity index (χ3n) is 1.91. The Bertz CT molecular complexity index is 285. The van der Waals surface area contributed by atoms with Crippen LogP contribution in [0.3, 0.4) is 0 Å². The van der Waals surface area contributed by atoms with Crippen LogP contribution in [0.25, 0.3) is 0 Å². The lowest BCUT2D eigenvalue weighted by Gasteiger charge is -2.03. The van der Waals surface area contributed by atoms with E-state index in [0.717, 1.165) is 11.1 Å². The van der Waals surface area contributed by atoms with Crippen molar-refractivity contribution in [2.24, 2.45) is 0 Å². The largest absolute Gasteiger partial charge is 0.289 e. The molecule has 0 spiro atoms. The van der Waals surface area contributed by atoms with Crippen LogP contribution in [-0.2, 0) is 17.9 Å². The van der Waals surface area contributed by atoms with Crippen LogP contribution in [0.15, 0.2) is 43.5 Å². The van der Waals surface area contributed by atoms with Crippen LogP contribution in [0.5, 0.6) is 5.75 Å². The molecule has 0 unspecified atom stereocenters. The van der Waals surface area contributed by atoms with E-state index in [0.29, 0.717) is 12.8 Å². The molecule has 0 heterocycles. The van der Waals surface area contributed by atoms with Gasteiger partial charge >= 0.3 is 0 Å². The van der Waals surface area contributed by atoms with Crippen LogP contribution >= 0.6 is 0 Å². The molecule has 0 saturated carbocycles. The van der Waals surface area contributed by atoms with Gasteiger partial charge in [0.05, 0.1) is 0 Å². The molecule has 67 valence electrons. The normalized spacial score (nSPS) is 9.54. The molecule has 0 bridgehead atoms. The van der Waals surface area contributed by atoms with Gasteiger partial charge in [-0.3, -0.25) is 5.11 Å². The molecular weight excluding hydrogens is 160 g/mol. The van der Waals surface area contributed by atoms with Gasteiger partial charge in [-0.2, -0.15) is 0 Å². The zero-order valence-electron chi connectivity index (χ0n) is 7.62.